The molecule has 0 saturated heterocycles. The van der Waals surface area contributed by atoms with Crippen LogP contribution in [0.2, 0.25) is 0 Å². The Labute approximate surface area is 177 Å². The average molecular weight is 409 g/mol. The molecule has 0 fully saturated rings. The predicted octanol–water partition coefficient (Wildman–Crippen LogP) is 5.35. The molecule has 0 bridgehead atoms. The molecular weight excluding hydrogens is 380 g/mol. The van der Waals surface area contributed by atoms with Gasteiger partial charge in [-0.15, -0.1) is 11.8 Å². The largest absolute Gasteiger partial charge is 0.352 e. The van der Waals surface area contributed by atoms with Crippen molar-refractivity contribution in [1.82, 2.24) is 5.32 Å². The van der Waals surface area contributed by atoms with Gasteiger partial charge in [-0.25, -0.2) is 0 Å². The molecule has 0 unspecified atom stereocenters. The summed E-state index contributed by atoms with van der Waals surface area (Å²) in [6.45, 7) is 2.66. The van der Waals surface area contributed by atoms with E-state index in [1.54, 1.807) is 0 Å². The van der Waals surface area contributed by atoms with Gasteiger partial charge in [0.05, 0.1) is 11.3 Å². The molecule has 0 atom stereocenters. The number of thioether (sulfide) groups is 1. The molecule has 4 nitrogen and oxygen atoms in total. The minimum Gasteiger partial charge on any atom is -0.352 e. The van der Waals surface area contributed by atoms with E-state index in [0.717, 1.165) is 35.4 Å². The van der Waals surface area contributed by atoms with Crippen LogP contribution in [0.1, 0.15) is 48.0 Å². The highest BCUT2D eigenvalue weighted by atomic mass is 32.2. The molecular formula is C24H28N2O2S. The maximum atomic E-state index is 12.6. The number of amides is 2. The summed E-state index contributed by atoms with van der Waals surface area (Å²) in [4.78, 5) is 25.7. The lowest BCUT2D eigenvalue weighted by Crippen LogP contribution is -2.25. The molecule has 1 aliphatic carbocycles. The zero-order valence-corrected chi connectivity index (χ0v) is 17.7. The average Bonchev–Trinajstić information content (AvgIpc) is 2.75. The van der Waals surface area contributed by atoms with Crippen molar-refractivity contribution in [2.75, 3.05) is 17.6 Å². The van der Waals surface area contributed by atoms with Crippen LogP contribution in [0.5, 0.6) is 0 Å². The summed E-state index contributed by atoms with van der Waals surface area (Å²) in [5.74, 6) is 0.0900. The molecule has 2 N–H and O–H groups in total. The van der Waals surface area contributed by atoms with Gasteiger partial charge in [0.2, 0.25) is 5.91 Å². The number of nitrogens with one attached hydrogen (secondary N) is 2. The van der Waals surface area contributed by atoms with Crippen LogP contribution in [0.25, 0.3) is 0 Å². The third kappa shape index (κ3) is 6.79. The second-order valence-electron chi connectivity index (χ2n) is 7.31. The van der Waals surface area contributed by atoms with E-state index in [-0.39, 0.29) is 17.6 Å². The summed E-state index contributed by atoms with van der Waals surface area (Å²) < 4.78 is 0. The van der Waals surface area contributed by atoms with Crippen molar-refractivity contribution in [1.29, 1.82) is 0 Å². The van der Waals surface area contributed by atoms with Crippen LogP contribution in [0.3, 0.4) is 0 Å². The Hall–Kier alpha value is -2.53. The standard InChI is InChI=1S/C24H28N2O2S/c1-18-11-13-20(14-12-18)26-23(27)17-29-22-10-6-5-9-21(22)24(28)25-16-15-19-7-3-2-4-8-19/h5-7,9-14H,2-4,8,15-17H2,1H3,(H,25,28)(H,26,27). The van der Waals surface area contributed by atoms with E-state index < -0.39 is 0 Å². The zero-order valence-electron chi connectivity index (χ0n) is 16.9. The Morgan fingerprint density at radius 1 is 1.03 bits per heavy atom. The summed E-state index contributed by atoms with van der Waals surface area (Å²) in [5.41, 5.74) is 4.01. The number of carbonyl (C=O) groups excluding carboxylic acids is 2. The van der Waals surface area contributed by atoms with Crippen molar-refractivity contribution < 1.29 is 9.59 Å². The van der Waals surface area contributed by atoms with Gasteiger partial charge in [0.25, 0.3) is 5.91 Å². The van der Waals surface area contributed by atoms with Crippen LogP contribution in [0.15, 0.2) is 65.1 Å². The fourth-order valence-corrected chi connectivity index (χ4v) is 4.17. The predicted molar refractivity (Wildman–Crippen MR) is 120 cm³/mol. The Balaban J connectivity index is 1.51. The lowest BCUT2D eigenvalue weighted by Gasteiger charge is -2.14. The van der Waals surface area contributed by atoms with Crippen LogP contribution < -0.4 is 10.6 Å². The summed E-state index contributed by atoms with van der Waals surface area (Å²) in [7, 11) is 0. The highest BCUT2D eigenvalue weighted by molar-refractivity contribution is 8.00. The molecule has 0 spiro atoms. The minimum absolute atomic E-state index is 0.0801. The van der Waals surface area contributed by atoms with E-state index in [1.165, 1.54) is 30.2 Å². The number of aryl methyl sites for hydroxylation is 1. The van der Waals surface area contributed by atoms with Crippen molar-refractivity contribution in [2.24, 2.45) is 0 Å². The van der Waals surface area contributed by atoms with Crippen LogP contribution in [0.4, 0.5) is 5.69 Å². The second kappa shape index (κ2) is 10.9. The molecule has 152 valence electrons. The van der Waals surface area contributed by atoms with Gasteiger partial charge in [0.1, 0.15) is 0 Å². The maximum Gasteiger partial charge on any atom is 0.252 e. The number of rotatable bonds is 8. The lowest BCUT2D eigenvalue weighted by molar-refractivity contribution is -0.113. The van der Waals surface area contributed by atoms with Crippen molar-refractivity contribution in [3.05, 3.63) is 71.3 Å². The number of anilines is 1. The van der Waals surface area contributed by atoms with Crippen molar-refractivity contribution in [2.45, 2.75) is 43.9 Å². The molecule has 2 amide bonds. The number of hydrogen-bond acceptors (Lipinski definition) is 3. The molecule has 0 radical (unpaired) electrons. The minimum atomic E-state index is -0.0849. The third-order valence-corrected chi connectivity index (χ3v) is 6.02. The summed E-state index contributed by atoms with van der Waals surface area (Å²) >= 11 is 1.38. The first-order chi connectivity index (χ1) is 14.1. The van der Waals surface area contributed by atoms with E-state index >= 15 is 0 Å². The number of allylic oxidation sites excluding steroid dienone is 1. The van der Waals surface area contributed by atoms with Gasteiger partial charge in [-0.3, -0.25) is 9.59 Å². The summed E-state index contributed by atoms with van der Waals surface area (Å²) in [5, 5.41) is 5.92. The van der Waals surface area contributed by atoms with Crippen molar-refractivity contribution in [3.8, 4) is 0 Å². The zero-order chi connectivity index (χ0) is 20.5. The summed E-state index contributed by atoms with van der Waals surface area (Å²) in [6.07, 6.45) is 8.07. The Bertz CT molecular complexity index is 875. The molecule has 0 aromatic heterocycles. The van der Waals surface area contributed by atoms with Gasteiger partial charge in [-0.05, 0) is 63.3 Å². The fourth-order valence-electron chi connectivity index (χ4n) is 3.32. The van der Waals surface area contributed by atoms with Crippen molar-refractivity contribution in [3.63, 3.8) is 0 Å². The van der Waals surface area contributed by atoms with Gasteiger partial charge < -0.3 is 10.6 Å². The van der Waals surface area contributed by atoms with E-state index in [2.05, 4.69) is 16.7 Å². The molecule has 5 heteroatoms. The van der Waals surface area contributed by atoms with Gasteiger partial charge >= 0.3 is 0 Å². The van der Waals surface area contributed by atoms with Crippen molar-refractivity contribution >= 4 is 29.3 Å². The Kier molecular flexibility index (Phi) is 7.94. The molecule has 0 saturated carbocycles. The molecule has 1 aliphatic rings. The molecule has 0 heterocycles. The molecule has 3 rings (SSSR count). The number of hydrogen-bond donors (Lipinski definition) is 2. The Morgan fingerprint density at radius 3 is 2.59 bits per heavy atom. The van der Waals surface area contributed by atoms with Crippen LogP contribution in [0, 0.1) is 6.92 Å². The highest BCUT2D eigenvalue weighted by Gasteiger charge is 2.13. The van der Waals surface area contributed by atoms with E-state index in [9.17, 15) is 9.59 Å². The molecule has 0 aliphatic heterocycles. The third-order valence-electron chi connectivity index (χ3n) is 4.94. The topological polar surface area (TPSA) is 58.2 Å². The first-order valence-electron chi connectivity index (χ1n) is 10.2. The number of carbonyl (C=O) groups is 2. The normalized spacial score (nSPS) is 13.5. The first-order valence-corrected chi connectivity index (χ1v) is 11.1. The fraction of sp³-hybridized carbons (Fsp3) is 0.333. The molecule has 2 aromatic rings. The second-order valence-corrected chi connectivity index (χ2v) is 8.33. The molecule has 29 heavy (non-hydrogen) atoms. The lowest BCUT2D eigenvalue weighted by atomic mass is 9.97. The van der Waals surface area contributed by atoms with Crippen LogP contribution in [-0.4, -0.2) is 24.1 Å². The van der Waals surface area contributed by atoms with E-state index in [4.69, 9.17) is 0 Å². The van der Waals surface area contributed by atoms with Gasteiger partial charge in [0, 0.05) is 17.1 Å². The monoisotopic (exact) mass is 408 g/mol. The maximum absolute atomic E-state index is 12.6. The van der Waals surface area contributed by atoms with Gasteiger partial charge in [-0.1, -0.05) is 41.5 Å². The smallest absolute Gasteiger partial charge is 0.252 e. The van der Waals surface area contributed by atoms with E-state index in [0.29, 0.717) is 12.1 Å². The van der Waals surface area contributed by atoms with Crippen LogP contribution in [-0.2, 0) is 4.79 Å². The van der Waals surface area contributed by atoms with Crippen LogP contribution >= 0.6 is 11.8 Å². The quantitative estimate of drug-likeness (QED) is 0.457. The molecule has 2 aromatic carbocycles. The van der Waals surface area contributed by atoms with Gasteiger partial charge in [0.15, 0.2) is 0 Å². The Morgan fingerprint density at radius 2 is 1.83 bits per heavy atom. The summed E-state index contributed by atoms with van der Waals surface area (Å²) in [6, 6.07) is 15.2. The highest BCUT2D eigenvalue weighted by Crippen LogP contribution is 2.23. The van der Waals surface area contributed by atoms with E-state index in [1.807, 2.05) is 55.5 Å². The first kappa shape index (κ1) is 21.2. The van der Waals surface area contributed by atoms with Gasteiger partial charge in [-0.2, -0.15) is 0 Å². The SMILES string of the molecule is Cc1ccc(NC(=O)CSc2ccccc2C(=O)NCCC2=CCCCC2)cc1. The number of benzene rings is 2.